The van der Waals surface area contributed by atoms with Gasteiger partial charge in [0.2, 0.25) is 0 Å². The first-order chi connectivity index (χ1) is 10.5. The van der Waals surface area contributed by atoms with Crippen LogP contribution in [-0.2, 0) is 0 Å². The molecule has 1 N–H and O–H groups in total. The van der Waals surface area contributed by atoms with Crippen LogP contribution in [0.15, 0.2) is 47.6 Å². The van der Waals surface area contributed by atoms with Crippen LogP contribution in [0.25, 0.3) is 0 Å². The smallest absolute Gasteiger partial charge is 0.272 e. The molecule has 4 nitrogen and oxygen atoms in total. The molecule has 0 saturated carbocycles. The van der Waals surface area contributed by atoms with Gasteiger partial charge in [-0.3, -0.25) is 4.79 Å². The number of methoxy groups -OCH3 is 1. The van der Waals surface area contributed by atoms with E-state index in [9.17, 15) is 4.79 Å². The molecule has 0 atom stereocenters. The fourth-order valence-electron chi connectivity index (χ4n) is 1.78. The van der Waals surface area contributed by atoms with Gasteiger partial charge in [-0.05, 0) is 37.3 Å². The molecule has 2 aromatic carbocycles. The highest BCUT2D eigenvalue weighted by Gasteiger charge is 2.10. The van der Waals surface area contributed by atoms with Crippen molar-refractivity contribution in [1.29, 1.82) is 0 Å². The number of hydrogen-bond acceptors (Lipinski definition) is 3. The van der Waals surface area contributed by atoms with Gasteiger partial charge in [0.15, 0.2) is 0 Å². The van der Waals surface area contributed by atoms with Gasteiger partial charge in [-0.15, -0.1) is 0 Å². The van der Waals surface area contributed by atoms with Crippen molar-refractivity contribution in [3.8, 4) is 5.75 Å². The third kappa shape index (κ3) is 4.00. The molecule has 114 valence electrons. The van der Waals surface area contributed by atoms with Crippen LogP contribution in [0.1, 0.15) is 22.8 Å². The van der Waals surface area contributed by atoms with E-state index >= 15 is 0 Å². The first-order valence-electron chi connectivity index (χ1n) is 6.45. The van der Waals surface area contributed by atoms with Gasteiger partial charge in [-0.25, -0.2) is 5.43 Å². The summed E-state index contributed by atoms with van der Waals surface area (Å²) < 4.78 is 5.15. The Hall–Kier alpha value is -2.04. The Morgan fingerprint density at radius 1 is 1.18 bits per heavy atom. The van der Waals surface area contributed by atoms with E-state index in [0.29, 0.717) is 16.3 Å². The number of halogens is 2. The third-order valence-electron chi connectivity index (χ3n) is 2.99. The van der Waals surface area contributed by atoms with Crippen molar-refractivity contribution in [2.45, 2.75) is 6.92 Å². The molecule has 0 saturated heterocycles. The lowest BCUT2D eigenvalue weighted by atomic mass is 10.1. The second-order valence-electron chi connectivity index (χ2n) is 4.49. The van der Waals surface area contributed by atoms with Crippen LogP contribution in [0, 0.1) is 0 Å². The predicted molar refractivity (Wildman–Crippen MR) is 89.1 cm³/mol. The standard InChI is InChI=1S/C16H14Cl2N2O2/c1-10(11-4-3-5-13(8-11)22-2)19-20-16(21)14-7-6-12(17)9-15(14)18/h3-9H,1-2H3,(H,20,21). The summed E-state index contributed by atoms with van der Waals surface area (Å²) in [4.78, 5) is 12.1. The van der Waals surface area contributed by atoms with Gasteiger partial charge in [-0.2, -0.15) is 5.10 Å². The van der Waals surface area contributed by atoms with Gasteiger partial charge in [0, 0.05) is 10.6 Å². The molecule has 2 aromatic rings. The number of nitrogens with zero attached hydrogens (tertiary/aromatic N) is 1. The van der Waals surface area contributed by atoms with Crippen molar-refractivity contribution >= 4 is 34.8 Å². The first-order valence-corrected chi connectivity index (χ1v) is 7.21. The zero-order valence-electron chi connectivity index (χ0n) is 12.1. The maximum absolute atomic E-state index is 12.1. The largest absolute Gasteiger partial charge is 0.497 e. The minimum atomic E-state index is -0.399. The molecule has 0 aliphatic carbocycles. The molecule has 0 aliphatic rings. The molecule has 0 spiro atoms. The Labute approximate surface area is 138 Å². The van der Waals surface area contributed by atoms with E-state index in [1.165, 1.54) is 6.07 Å². The summed E-state index contributed by atoms with van der Waals surface area (Å²) in [6.45, 7) is 1.79. The molecule has 6 heteroatoms. The zero-order valence-corrected chi connectivity index (χ0v) is 13.6. The summed E-state index contributed by atoms with van der Waals surface area (Å²) in [5.41, 5.74) is 4.29. The van der Waals surface area contributed by atoms with Crippen molar-refractivity contribution < 1.29 is 9.53 Å². The minimum Gasteiger partial charge on any atom is -0.497 e. The molecule has 0 fully saturated rings. The van der Waals surface area contributed by atoms with Crippen LogP contribution in [0.3, 0.4) is 0 Å². The Kier molecular flexibility index (Phi) is 5.41. The summed E-state index contributed by atoms with van der Waals surface area (Å²) in [7, 11) is 1.59. The van der Waals surface area contributed by atoms with Crippen molar-refractivity contribution in [3.63, 3.8) is 0 Å². The normalized spacial score (nSPS) is 11.2. The first kappa shape index (κ1) is 16.3. The van der Waals surface area contributed by atoms with Gasteiger partial charge in [0.05, 0.1) is 23.4 Å². The van der Waals surface area contributed by atoms with E-state index in [0.717, 1.165) is 11.3 Å². The van der Waals surface area contributed by atoms with Gasteiger partial charge >= 0.3 is 0 Å². The van der Waals surface area contributed by atoms with Crippen LogP contribution in [-0.4, -0.2) is 18.7 Å². The van der Waals surface area contributed by atoms with Crippen LogP contribution in [0.5, 0.6) is 5.75 Å². The highest BCUT2D eigenvalue weighted by molar-refractivity contribution is 6.36. The lowest BCUT2D eigenvalue weighted by molar-refractivity contribution is 0.0955. The second-order valence-corrected chi connectivity index (χ2v) is 5.34. The number of hydrogen-bond donors (Lipinski definition) is 1. The van der Waals surface area contributed by atoms with Crippen molar-refractivity contribution in [2.24, 2.45) is 5.10 Å². The number of benzene rings is 2. The van der Waals surface area contributed by atoms with E-state index < -0.39 is 5.91 Å². The lowest BCUT2D eigenvalue weighted by Crippen LogP contribution is -2.19. The van der Waals surface area contributed by atoms with E-state index in [-0.39, 0.29) is 5.02 Å². The van der Waals surface area contributed by atoms with Crippen molar-refractivity contribution in [3.05, 3.63) is 63.6 Å². The Morgan fingerprint density at radius 2 is 1.95 bits per heavy atom. The zero-order chi connectivity index (χ0) is 16.1. The molecular formula is C16H14Cl2N2O2. The SMILES string of the molecule is COc1cccc(C(C)=NNC(=O)c2ccc(Cl)cc2Cl)c1. The van der Waals surface area contributed by atoms with E-state index in [1.54, 1.807) is 26.2 Å². The maximum Gasteiger partial charge on any atom is 0.272 e. The Morgan fingerprint density at radius 3 is 2.64 bits per heavy atom. The maximum atomic E-state index is 12.1. The van der Waals surface area contributed by atoms with Crippen LogP contribution >= 0.6 is 23.2 Å². The van der Waals surface area contributed by atoms with E-state index in [1.807, 2.05) is 24.3 Å². The van der Waals surface area contributed by atoms with Gasteiger partial charge in [0.25, 0.3) is 5.91 Å². The Bertz CT molecular complexity index is 730. The number of ether oxygens (including phenoxy) is 1. The summed E-state index contributed by atoms with van der Waals surface area (Å²) in [5, 5.41) is 4.83. The number of nitrogens with one attached hydrogen (secondary N) is 1. The second kappa shape index (κ2) is 7.29. The molecule has 0 unspecified atom stereocenters. The summed E-state index contributed by atoms with van der Waals surface area (Å²) >= 11 is 11.8. The molecule has 0 aliphatic heterocycles. The minimum absolute atomic E-state index is 0.277. The predicted octanol–water partition coefficient (Wildman–Crippen LogP) is 4.16. The molecular weight excluding hydrogens is 323 g/mol. The van der Waals surface area contributed by atoms with E-state index in [4.69, 9.17) is 27.9 Å². The third-order valence-corrected chi connectivity index (χ3v) is 3.54. The average molecular weight is 337 g/mol. The van der Waals surface area contributed by atoms with Crippen molar-refractivity contribution in [1.82, 2.24) is 5.43 Å². The molecule has 2 rings (SSSR count). The molecule has 0 aromatic heterocycles. The number of hydrazone groups is 1. The van der Waals surface area contributed by atoms with Crippen LogP contribution < -0.4 is 10.2 Å². The van der Waals surface area contributed by atoms with Gasteiger partial charge in [0.1, 0.15) is 5.75 Å². The number of amides is 1. The quantitative estimate of drug-likeness (QED) is 0.673. The van der Waals surface area contributed by atoms with Crippen molar-refractivity contribution in [2.75, 3.05) is 7.11 Å². The lowest BCUT2D eigenvalue weighted by Gasteiger charge is -2.06. The molecule has 1 amide bonds. The molecule has 0 bridgehead atoms. The summed E-state index contributed by atoms with van der Waals surface area (Å²) in [6, 6.07) is 12.1. The fourth-order valence-corrected chi connectivity index (χ4v) is 2.28. The molecule has 0 heterocycles. The van der Waals surface area contributed by atoms with E-state index in [2.05, 4.69) is 10.5 Å². The van der Waals surface area contributed by atoms with Crippen LogP contribution in [0.2, 0.25) is 10.0 Å². The number of carbonyl (C=O) groups excluding carboxylic acids is 1. The highest BCUT2D eigenvalue weighted by Crippen LogP contribution is 2.20. The van der Waals surface area contributed by atoms with Gasteiger partial charge < -0.3 is 4.74 Å². The van der Waals surface area contributed by atoms with Gasteiger partial charge in [-0.1, -0.05) is 35.3 Å². The topological polar surface area (TPSA) is 50.7 Å². The summed E-state index contributed by atoms with van der Waals surface area (Å²) in [5.74, 6) is 0.322. The Balaban J connectivity index is 2.14. The molecule has 0 radical (unpaired) electrons. The average Bonchev–Trinajstić information content (AvgIpc) is 2.52. The highest BCUT2D eigenvalue weighted by atomic mass is 35.5. The fraction of sp³-hybridized carbons (Fsp3) is 0.125. The number of carbonyl (C=O) groups is 1. The molecule has 22 heavy (non-hydrogen) atoms. The monoisotopic (exact) mass is 336 g/mol. The van der Waals surface area contributed by atoms with Crippen LogP contribution in [0.4, 0.5) is 0 Å². The number of rotatable bonds is 4. The summed E-state index contributed by atoms with van der Waals surface area (Å²) in [6.07, 6.45) is 0.